The molecule has 0 aromatic rings. The summed E-state index contributed by atoms with van der Waals surface area (Å²) in [5.74, 6) is 0. The smallest absolute Gasteiger partial charge is 0.231 e. The van der Waals surface area contributed by atoms with Crippen LogP contribution in [0.5, 0.6) is 0 Å². The highest BCUT2D eigenvalue weighted by molar-refractivity contribution is 6.81. The fourth-order valence-electron chi connectivity index (χ4n) is 1.52. The van der Waals surface area contributed by atoms with Crippen LogP contribution in [0, 0.1) is 0 Å². The van der Waals surface area contributed by atoms with Crippen molar-refractivity contribution in [1.29, 1.82) is 0 Å². The molecule has 0 bridgehead atoms. The first-order valence-electron chi connectivity index (χ1n) is 5.23. The van der Waals surface area contributed by atoms with Gasteiger partial charge in [0, 0.05) is 25.2 Å². The first kappa shape index (κ1) is 15.8. The molecule has 0 aromatic carbocycles. The topological polar surface area (TPSA) is 24.7 Å². The summed E-state index contributed by atoms with van der Waals surface area (Å²) in [6.07, 6.45) is 3.02. The molecule has 0 N–H and O–H groups in total. The van der Waals surface area contributed by atoms with Gasteiger partial charge >= 0.3 is 0 Å². The van der Waals surface area contributed by atoms with Gasteiger partial charge in [0.25, 0.3) is 0 Å². The lowest BCUT2D eigenvalue weighted by atomic mass is 10.2. The van der Waals surface area contributed by atoms with Crippen LogP contribution in [-0.2, 0) is 0 Å². The molecule has 2 rings (SSSR count). The molecule has 2 aliphatic heterocycles. The second-order valence-corrected chi connectivity index (χ2v) is 7.67. The Morgan fingerprint density at radius 1 is 1.12 bits per heavy atom. The maximum Gasteiger partial charge on any atom is 0.231 e. The summed E-state index contributed by atoms with van der Waals surface area (Å²) in [6, 6.07) is 0. The standard InChI is InChI=1S/C5H4Cl5N.C5H9N/c6-4(7)1-2-11-3(4)5(8,9)10;1-5-3-2-4-6-5/h1-2H2;2-4H2,1H3. The van der Waals surface area contributed by atoms with Crippen LogP contribution in [0.3, 0.4) is 0 Å². The van der Waals surface area contributed by atoms with Gasteiger partial charge in [0.2, 0.25) is 3.79 Å². The molecule has 2 nitrogen and oxygen atoms in total. The molecule has 0 aromatic heterocycles. The number of alkyl halides is 5. The zero-order chi connectivity index (χ0) is 13.1. The molecule has 0 saturated heterocycles. The summed E-state index contributed by atoms with van der Waals surface area (Å²) < 4.78 is -2.69. The van der Waals surface area contributed by atoms with Crippen molar-refractivity contribution >= 4 is 69.4 Å². The number of rotatable bonds is 0. The van der Waals surface area contributed by atoms with E-state index >= 15 is 0 Å². The first-order valence-corrected chi connectivity index (χ1v) is 7.12. The average Bonchev–Trinajstić information content (AvgIpc) is 2.73. The summed E-state index contributed by atoms with van der Waals surface area (Å²) in [5, 5.41) is 0. The lowest BCUT2D eigenvalue weighted by molar-refractivity contribution is 0.909. The van der Waals surface area contributed by atoms with Gasteiger partial charge in [0.05, 0.1) is 5.71 Å². The molecule has 98 valence electrons. The SMILES string of the molecule is CC1=NCCC1.ClC(Cl)(Cl)C1=NCCC1(Cl)Cl. The van der Waals surface area contributed by atoms with Crippen LogP contribution in [0.1, 0.15) is 26.2 Å². The highest BCUT2D eigenvalue weighted by atomic mass is 35.6. The van der Waals surface area contributed by atoms with E-state index in [1.807, 2.05) is 0 Å². The molecule has 0 spiro atoms. The molecule has 0 aliphatic carbocycles. The van der Waals surface area contributed by atoms with Crippen molar-refractivity contribution in [2.75, 3.05) is 13.1 Å². The van der Waals surface area contributed by atoms with Gasteiger partial charge in [0.1, 0.15) is 0 Å². The van der Waals surface area contributed by atoms with E-state index in [0.717, 1.165) is 6.54 Å². The molecule has 0 fully saturated rings. The first-order chi connectivity index (χ1) is 7.73. The van der Waals surface area contributed by atoms with Crippen LogP contribution in [0.4, 0.5) is 0 Å². The highest BCUT2D eigenvalue weighted by Gasteiger charge is 2.45. The van der Waals surface area contributed by atoms with Gasteiger partial charge < -0.3 is 0 Å². The maximum atomic E-state index is 5.80. The normalized spacial score (nSPS) is 22.7. The van der Waals surface area contributed by atoms with Crippen molar-refractivity contribution in [3.8, 4) is 0 Å². The predicted octanol–water partition coefficient (Wildman–Crippen LogP) is 4.62. The van der Waals surface area contributed by atoms with E-state index in [1.54, 1.807) is 0 Å². The Hall–Kier alpha value is 0.790. The van der Waals surface area contributed by atoms with Crippen molar-refractivity contribution in [3.63, 3.8) is 0 Å². The molecule has 7 heteroatoms. The largest absolute Gasteiger partial charge is 0.294 e. The Morgan fingerprint density at radius 2 is 1.76 bits per heavy atom. The fraction of sp³-hybridized carbons (Fsp3) is 0.800. The minimum Gasteiger partial charge on any atom is -0.294 e. The number of hydrogen-bond acceptors (Lipinski definition) is 2. The molecule has 0 radical (unpaired) electrons. The minimum absolute atomic E-state index is 0.221. The molecule has 2 heterocycles. The van der Waals surface area contributed by atoms with Crippen molar-refractivity contribution in [2.45, 2.75) is 34.3 Å². The maximum absolute atomic E-state index is 5.80. The van der Waals surface area contributed by atoms with Gasteiger partial charge in [-0.05, 0) is 19.8 Å². The molecule has 0 unspecified atom stereocenters. The Morgan fingerprint density at radius 3 is 1.94 bits per heavy atom. The van der Waals surface area contributed by atoms with E-state index < -0.39 is 8.13 Å². The van der Waals surface area contributed by atoms with Gasteiger partial charge in [-0.25, -0.2) is 0 Å². The van der Waals surface area contributed by atoms with E-state index in [4.69, 9.17) is 58.0 Å². The van der Waals surface area contributed by atoms with Gasteiger partial charge in [0.15, 0.2) is 4.33 Å². The van der Waals surface area contributed by atoms with E-state index in [9.17, 15) is 0 Å². The van der Waals surface area contributed by atoms with Crippen LogP contribution >= 0.6 is 58.0 Å². The van der Waals surface area contributed by atoms with Gasteiger partial charge in [-0.15, -0.1) is 0 Å². The van der Waals surface area contributed by atoms with Crippen LogP contribution < -0.4 is 0 Å². The van der Waals surface area contributed by atoms with E-state index in [0.29, 0.717) is 13.0 Å². The van der Waals surface area contributed by atoms with Crippen LogP contribution in [0.2, 0.25) is 0 Å². The van der Waals surface area contributed by atoms with Crippen molar-refractivity contribution < 1.29 is 0 Å². The Labute approximate surface area is 126 Å². The van der Waals surface area contributed by atoms with E-state index in [-0.39, 0.29) is 5.71 Å². The zero-order valence-corrected chi connectivity index (χ0v) is 13.1. The summed E-state index contributed by atoms with van der Waals surface area (Å²) >= 11 is 28.3. The Kier molecular flexibility index (Phi) is 5.87. The summed E-state index contributed by atoms with van der Waals surface area (Å²) in [7, 11) is 0. The second-order valence-electron chi connectivity index (χ2n) is 3.90. The molecule has 17 heavy (non-hydrogen) atoms. The molecule has 2 aliphatic rings. The van der Waals surface area contributed by atoms with Crippen molar-refractivity contribution in [2.24, 2.45) is 9.98 Å². The monoisotopic (exact) mass is 336 g/mol. The number of hydrogen-bond donors (Lipinski definition) is 0. The lowest BCUT2D eigenvalue weighted by Crippen LogP contribution is -2.32. The molecule has 0 atom stereocenters. The van der Waals surface area contributed by atoms with Crippen LogP contribution in [-0.4, -0.2) is 32.6 Å². The Balaban J connectivity index is 0.000000202. The number of halogens is 5. The summed E-state index contributed by atoms with van der Waals surface area (Å²) in [4.78, 5) is 8.07. The highest BCUT2D eigenvalue weighted by Crippen LogP contribution is 2.42. The summed E-state index contributed by atoms with van der Waals surface area (Å²) in [5.41, 5.74) is 1.55. The van der Waals surface area contributed by atoms with Gasteiger partial charge in [-0.1, -0.05) is 58.0 Å². The number of nitrogens with zero attached hydrogens (tertiary/aromatic N) is 2. The molecular formula is C10H13Cl5N2. The van der Waals surface area contributed by atoms with Crippen molar-refractivity contribution in [1.82, 2.24) is 0 Å². The lowest BCUT2D eigenvalue weighted by Gasteiger charge is -2.20. The number of aliphatic imine (C=N–C) groups is 2. The second kappa shape index (κ2) is 6.29. The molecule has 0 saturated carbocycles. The third-order valence-electron chi connectivity index (χ3n) is 2.39. The predicted molar refractivity (Wildman–Crippen MR) is 78.9 cm³/mol. The van der Waals surface area contributed by atoms with E-state index in [1.165, 1.54) is 18.6 Å². The van der Waals surface area contributed by atoms with E-state index in [2.05, 4.69) is 16.9 Å². The van der Waals surface area contributed by atoms with Crippen molar-refractivity contribution in [3.05, 3.63) is 0 Å². The van der Waals surface area contributed by atoms with Crippen LogP contribution in [0.15, 0.2) is 9.98 Å². The zero-order valence-electron chi connectivity index (χ0n) is 9.32. The quantitative estimate of drug-likeness (QED) is 0.576. The Bertz CT molecular complexity index is 330. The third kappa shape index (κ3) is 5.12. The van der Waals surface area contributed by atoms with Gasteiger partial charge in [-0.2, -0.15) is 0 Å². The van der Waals surface area contributed by atoms with Crippen LogP contribution in [0.25, 0.3) is 0 Å². The average molecular weight is 338 g/mol. The third-order valence-corrected chi connectivity index (χ3v) is 3.66. The fourth-order valence-corrected chi connectivity index (χ4v) is 3.05. The summed E-state index contributed by atoms with van der Waals surface area (Å²) in [6.45, 7) is 3.68. The minimum atomic E-state index is -1.58. The molecule has 0 amide bonds. The molecular weight excluding hydrogens is 325 g/mol. The van der Waals surface area contributed by atoms with Gasteiger partial charge in [-0.3, -0.25) is 9.98 Å².